The van der Waals surface area contributed by atoms with Gasteiger partial charge in [0, 0.05) is 72.4 Å². The van der Waals surface area contributed by atoms with Gasteiger partial charge in [-0.25, -0.2) is 9.67 Å². The molecule has 2 N–H and O–H groups in total. The number of carbonyl (C=O) groups is 1. The van der Waals surface area contributed by atoms with Crippen molar-refractivity contribution in [2.75, 3.05) is 48.6 Å². The maximum Gasteiger partial charge on any atom is 0.303 e. The Morgan fingerprint density at radius 1 is 0.895 bits per heavy atom. The fourth-order valence-corrected chi connectivity index (χ4v) is 8.95. The van der Waals surface area contributed by atoms with Crippen LogP contribution in [0.1, 0.15) is 49.7 Å². The van der Waals surface area contributed by atoms with Gasteiger partial charge in [-0.3, -0.25) is 14.6 Å². The molecule has 1 saturated heterocycles. The average Bonchev–Trinajstić information content (AvgIpc) is 3.66. The SMILES string of the molecule is COc1cc(-n2ncc3c(-c4cccc(-c5ccc(CN(C)C6CCC(CC(=O)O)CC6)c(OC)n5)c4Cl)cccc32)cc(OC)c1CN(C)[C@@H]1CCOC[C@@H]1O. The van der Waals surface area contributed by atoms with Crippen molar-refractivity contribution >= 4 is 28.5 Å². The second-order valence-electron chi connectivity index (χ2n) is 15.3. The predicted molar refractivity (Wildman–Crippen MR) is 221 cm³/mol. The number of fused-ring (bicyclic) bond motifs is 1. The molecule has 0 amide bonds. The van der Waals surface area contributed by atoms with Crippen LogP contribution in [0.3, 0.4) is 0 Å². The molecular formula is C44H52ClN5O7. The molecule has 12 nitrogen and oxygen atoms in total. The largest absolute Gasteiger partial charge is 0.496 e. The summed E-state index contributed by atoms with van der Waals surface area (Å²) < 4.78 is 25.0. The van der Waals surface area contributed by atoms with E-state index in [-0.39, 0.29) is 18.4 Å². The molecule has 7 rings (SSSR count). The number of hydrogen-bond acceptors (Lipinski definition) is 10. The number of hydrogen-bond donors (Lipinski definition) is 2. The lowest BCUT2D eigenvalue weighted by Gasteiger charge is -2.35. The highest BCUT2D eigenvalue weighted by atomic mass is 35.5. The number of carboxylic acids is 1. The zero-order valence-electron chi connectivity index (χ0n) is 33.3. The van der Waals surface area contributed by atoms with Gasteiger partial charge in [-0.1, -0.05) is 48.0 Å². The number of carboxylic acid groups (broad SMARTS) is 1. The van der Waals surface area contributed by atoms with E-state index >= 15 is 0 Å². The maximum atomic E-state index is 11.2. The summed E-state index contributed by atoms with van der Waals surface area (Å²) >= 11 is 7.26. The number of ether oxygens (including phenoxy) is 4. The Labute approximate surface area is 338 Å². The Morgan fingerprint density at radius 3 is 2.28 bits per heavy atom. The molecular weight excluding hydrogens is 746 g/mol. The van der Waals surface area contributed by atoms with Crippen molar-refractivity contribution < 1.29 is 34.0 Å². The predicted octanol–water partition coefficient (Wildman–Crippen LogP) is 7.48. The molecule has 0 spiro atoms. The molecule has 1 saturated carbocycles. The van der Waals surface area contributed by atoms with Crippen molar-refractivity contribution in [2.24, 2.45) is 5.92 Å². The standard InChI is InChI=1S/C44H52ClN5O7/c1-48(29-15-12-27(13-16-29)20-42(52)53)24-28-14-17-36(47-44(28)56-5)33-10-6-9-32(43(33)45)31-8-7-11-37-34(31)23-46-50(37)30-21-40(54-3)35(41(22-30)55-4)25-49(2)38-18-19-57-26-39(38)51/h6-11,14,17,21-23,27,29,38-39,51H,12-13,15-16,18-20,24-26H2,1-5H3,(H,52,53)/t27?,29?,38-,39+/m1/s1. The third kappa shape index (κ3) is 8.61. The molecule has 3 heterocycles. The molecule has 1 aliphatic heterocycles. The molecule has 0 bridgehead atoms. The van der Waals surface area contributed by atoms with Crippen molar-refractivity contribution in [3.05, 3.63) is 83.0 Å². The highest BCUT2D eigenvalue weighted by Crippen LogP contribution is 2.41. The van der Waals surface area contributed by atoms with Gasteiger partial charge in [0.2, 0.25) is 5.88 Å². The first-order valence-corrected chi connectivity index (χ1v) is 19.9. The summed E-state index contributed by atoms with van der Waals surface area (Å²) in [6, 6.07) is 20.4. The number of halogens is 1. The van der Waals surface area contributed by atoms with E-state index in [2.05, 4.69) is 22.9 Å². The topological polar surface area (TPSA) is 132 Å². The summed E-state index contributed by atoms with van der Waals surface area (Å²) in [5, 5.41) is 26.1. The first-order valence-electron chi connectivity index (χ1n) is 19.5. The molecule has 3 aromatic carbocycles. The molecule has 1 aliphatic carbocycles. The molecule has 0 unspecified atom stereocenters. The molecule has 57 heavy (non-hydrogen) atoms. The normalized spacial score (nSPS) is 19.9. The van der Waals surface area contributed by atoms with Gasteiger partial charge in [-0.2, -0.15) is 5.10 Å². The van der Waals surface area contributed by atoms with E-state index in [4.69, 9.17) is 40.6 Å². The number of methoxy groups -OCH3 is 3. The van der Waals surface area contributed by atoms with Crippen LogP contribution in [-0.2, 0) is 22.6 Å². The number of aliphatic carboxylic acids is 1. The van der Waals surface area contributed by atoms with Crippen molar-refractivity contribution in [3.8, 4) is 45.5 Å². The number of aromatic nitrogens is 3. The Kier molecular flexibility index (Phi) is 12.7. The van der Waals surface area contributed by atoms with Crippen LogP contribution in [0.15, 0.2) is 66.9 Å². The minimum Gasteiger partial charge on any atom is -0.496 e. The van der Waals surface area contributed by atoms with Gasteiger partial charge in [0.15, 0.2) is 0 Å². The summed E-state index contributed by atoms with van der Waals surface area (Å²) in [4.78, 5) is 20.6. The van der Waals surface area contributed by atoms with Crippen LogP contribution >= 0.6 is 11.6 Å². The summed E-state index contributed by atoms with van der Waals surface area (Å²) in [6.45, 7) is 2.13. The van der Waals surface area contributed by atoms with Crippen LogP contribution in [0, 0.1) is 5.92 Å². The van der Waals surface area contributed by atoms with Crippen molar-refractivity contribution in [1.82, 2.24) is 24.6 Å². The van der Waals surface area contributed by atoms with E-state index in [1.807, 2.05) is 72.5 Å². The number of aliphatic hydroxyl groups is 1. The Hall–Kier alpha value is -4.72. The van der Waals surface area contributed by atoms with Gasteiger partial charge in [0.25, 0.3) is 0 Å². The van der Waals surface area contributed by atoms with Crippen molar-refractivity contribution in [1.29, 1.82) is 0 Å². The number of nitrogens with zero attached hydrogens (tertiary/aromatic N) is 5. The number of likely N-dealkylation sites (N-methyl/N-ethyl adjacent to an activating group) is 1. The minimum atomic E-state index is -0.712. The van der Waals surface area contributed by atoms with E-state index < -0.39 is 12.1 Å². The molecule has 2 atom stereocenters. The molecule has 2 fully saturated rings. The average molecular weight is 798 g/mol. The van der Waals surface area contributed by atoms with Gasteiger partial charge in [0.05, 0.1) is 67.7 Å². The van der Waals surface area contributed by atoms with E-state index in [1.54, 1.807) is 21.3 Å². The number of aliphatic hydroxyl groups excluding tert-OH is 1. The van der Waals surface area contributed by atoms with Crippen LogP contribution in [-0.4, -0.2) is 108 Å². The summed E-state index contributed by atoms with van der Waals surface area (Å²) in [5.41, 5.74) is 6.81. The Morgan fingerprint density at radius 2 is 1.60 bits per heavy atom. The van der Waals surface area contributed by atoms with Gasteiger partial charge < -0.3 is 29.2 Å². The first kappa shape index (κ1) is 40.5. The second kappa shape index (κ2) is 17.8. The number of rotatable bonds is 14. The lowest BCUT2D eigenvalue weighted by Crippen LogP contribution is -2.47. The van der Waals surface area contributed by atoms with Gasteiger partial charge in [0.1, 0.15) is 11.5 Å². The highest BCUT2D eigenvalue weighted by molar-refractivity contribution is 6.36. The van der Waals surface area contributed by atoms with Gasteiger partial charge in [-0.05, 0) is 69.8 Å². The lowest BCUT2D eigenvalue weighted by atomic mass is 9.83. The molecule has 2 aromatic heterocycles. The third-order valence-corrected chi connectivity index (χ3v) is 12.1. The quantitative estimate of drug-likeness (QED) is 0.116. The van der Waals surface area contributed by atoms with Crippen LogP contribution in [0.2, 0.25) is 5.02 Å². The fourth-order valence-electron chi connectivity index (χ4n) is 8.62. The minimum absolute atomic E-state index is 0.0361. The molecule has 0 radical (unpaired) electrons. The monoisotopic (exact) mass is 797 g/mol. The van der Waals surface area contributed by atoms with E-state index in [0.29, 0.717) is 60.4 Å². The number of pyridine rings is 1. The maximum absolute atomic E-state index is 11.2. The lowest BCUT2D eigenvalue weighted by molar-refractivity contribution is -0.138. The van der Waals surface area contributed by atoms with Crippen molar-refractivity contribution in [3.63, 3.8) is 0 Å². The summed E-state index contributed by atoms with van der Waals surface area (Å²) in [6.07, 6.45) is 6.10. The Bertz CT molecular complexity index is 2180. The van der Waals surface area contributed by atoms with Crippen LogP contribution in [0.4, 0.5) is 0 Å². The van der Waals surface area contributed by atoms with Crippen LogP contribution < -0.4 is 14.2 Å². The summed E-state index contributed by atoms with van der Waals surface area (Å²) in [7, 11) is 9.04. The van der Waals surface area contributed by atoms with Gasteiger partial charge >= 0.3 is 5.97 Å². The fraction of sp³-hybridized carbons (Fsp3) is 0.432. The smallest absolute Gasteiger partial charge is 0.303 e. The Balaban J connectivity index is 1.14. The molecule has 2 aliphatic rings. The summed E-state index contributed by atoms with van der Waals surface area (Å²) in [5.74, 6) is 1.42. The molecule has 5 aromatic rings. The van der Waals surface area contributed by atoms with Crippen LogP contribution in [0.5, 0.6) is 17.4 Å². The zero-order valence-corrected chi connectivity index (χ0v) is 34.0. The van der Waals surface area contributed by atoms with E-state index in [1.165, 1.54) is 0 Å². The van der Waals surface area contributed by atoms with Crippen molar-refractivity contribution in [2.45, 2.75) is 69.8 Å². The van der Waals surface area contributed by atoms with Gasteiger partial charge in [-0.15, -0.1) is 0 Å². The highest BCUT2D eigenvalue weighted by Gasteiger charge is 2.30. The molecule has 302 valence electrons. The number of benzene rings is 3. The third-order valence-electron chi connectivity index (χ3n) is 11.7. The second-order valence-corrected chi connectivity index (χ2v) is 15.6. The van der Waals surface area contributed by atoms with E-state index in [9.17, 15) is 15.0 Å². The van der Waals surface area contributed by atoms with Crippen LogP contribution in [0.25, 0.3) is 39.0 Å². The zero-order chi connectivity index (χ0) is 40.2. The first-order chi connectivity index (χ1) is 27.6. The molecule has 13 heteroatoms. The van der Waals surface area contributed by atoms with E-state index in [0.717, 1.165) is 76.5 Å².